The number of allylic oxidation sites excluding steroid dienone is 1. The quantitative estimate of drug-likeness (QED) is 0.286. The van der Waals surface area contributed by atoms with Crippen molar-refractivity contribution >= 4 is 27.8 Å². The van der Waals surface area contributed by atoms with Crippen molar-refractivity contribution in [3.8, 4) is 11.3 Å². The van der Waals surface area contributed by atoms with E-state index >= 15 is 0 Å². The normalized spacial score (nSPS) is 9.92. The maximum atomic E-state index is 10.9. The second-order valence-electron chi connectivity index (χ2n) is 5.12. The molecule has 2 aromatic carbocycles. The van der Waals surface area contributed by atoms with Crippen molar-refractivity contribution in [1.29, 1.82) is 0 Å². The van der Waals surface area contributed by atoms with Crippen LogP contribution in [0.1, 0.15) is 0 Å². The van der Waals surface area contributed by atoms with E-state index in [0.29, 0.717) is 12.2 Å². The molecule has 3 aromatic rings. The first-order valence-electron chi connectivity index (χ1n) is 7.38. The molecule has 3 rings (SSSR count). The molecule has 25 heavy (non-hydrogen) atoms. The van der Waals surface area contributed by atoms with Gasteiger partial charge in [-0.2, -0.15) is 0 Å². The molecule has 0 radical (unpaired) electrons. The van der Waals surface area contributed by atoms with Gasteiger partial charge in [-0.15, -0.1) is 0 Å². The maximum Gasteiger partial charge on any atom is 0.339 e. The number of halogens is 1. The number of nitrogens with zero attached hydrogens (tertiary/aromatic N) is 2. The van der Waals surface area contributed by atoms with E-state index in [1.807, 2.05) is 30.3 Å². The Bertz CT molecular complexity index is 881. The van der Waals surface area contributed by atoms with Crippen molar-refractivity contribution in [2.45, 2.75) is 6.54 Å². The molecule has 0 atom stereocenters. The Kier molecular flexibility index (Phi) is 6.44. The summed E-state index contributed by atoms with van der Waals surface area (Å²) in [5.41, 5.74) is 2.94. The van der Waals surface area contributed by atoms with Crippen molar-refractivity contribution < 1.29 is 26.5 Å². The molecule has 7 heteroatoms. The number of nitrogens with one attached hydrogen (secondary N) is 1. The standard InChI is InChI=1S/C18H15N3O2S.BrH/c1-2-11-20-17(14-7-4-3-5-8-14)13-24-18(20)19-15-9-6-10-16(12-15)21(22)23;/h2-10,12-13H,1,11H2;1H. The summed E-state index contributed by atoms with van der Waals surface area (Å²) in [6, 6.07) is 16.6. The van der Waals surface area contributed by atoms with Gasteiger partial charge in [0.25, 0.3) is 5.69 Å². The van der Waals surface area contributed by atoms with Gasteiger partial charge < -0.3 is 17.0 Å². The molecule has 128 valence electrons. The third-order valence-corrected chi connectivity index (χ3v) is 4.39. The number of nitro benzene ring substituents is 1. The van der Waals surface area contributed by atoms with Crippen molar-refractivity contribution in [2.75, 3.05) is 5.32 Å². The average Bonchev–Trinajstić information content (AvgIpc) is 2.99. The van der Waals surface area contributed by atoms with Crippen LogP contribution in [0.15, 0.2) is 72.6 Å². The zero-order valence-corrected chi connectivity index (χ0v) is 15.7. The molecule has 0 amide bonds. The molecule has 0 spiro atoms. The van der Waals surface area contributed by atoms with Crippen molar-refractivity contribution in [1.82, 2.24) is 0 Å². The van der Waals surface area contributed by atoms with E-state index in [-0.39, 0.29) is 22.7 Å². The van der Waals surface area contributed by atoms with E-state index in [4.69, 9.17) is 0 Å². The second-order valence-corrected chi connectivity index (χ2v) is 5.98. The van der Waals surface area contributed by atoms with Gasteiger partial charge in [0.15, 0.2) is 0 Å². The van der Waals surface area contributed by atoms with Crippen molar-refractivity contribution in [2.24, 2.45) is 0 Å². The lowest BCUT2D eigenvalue weighted by molar-refractivity contribution is -0.657. The van der Waals surface area contributed by atoms with Gasteiger partial charge in [0.1, 0.15) is 17.9 Å². The van der Waals surface area contributed by atoms with E-state index in [0.717, 1.165) is 16.4 Å². The Morgan fingerprint density at radius 3 is 2.64 bits per heavy atom. The van der Waals surface area contributed by atoms with E-state index < -0.39 is 4.92 Å². The molecular weight excluding hydrogens is 402 g/mol. The number of hydrogen-bond acceptors (Lipinski definition) is 4. The van der Waals surface area contributed by atoms with Gasteiger partial charge in [-0.1, -0.05) is 60.4 Å². The third-order valence-electron chi connectivity index (χ3n) is 3.51. The Balaban J connectivity index is 0.00000225. The molecule has 1 heterocycles. The van der Waals surface area contributed by atoms with Gasteiger partial charge >= 0.3 is 5.13 Å². The number of non-ortho nitro benzene ring substituents is 1. The fourth-order valence-corrected chi connectivity index (χ4v) is 3.37. The summed E-state index contributed by atoms with van der Waals surface area (Å²) in [6.07, 6.45) is 1.83. The predicted molar refractivity (Wildman–Crippen MR) is 96.5 cm³/mol. The summed E-state index contributed by atoms with van der Waals surface area (Å²) in [6.45, 7) is 4.47. The van der Waals surface area contributed by atoms with E-state index in [1.165, 1.54) is 12.1 Å². The molecule has 0 aliphatic rings. The second kappa shape index (κ2) is 8.55. The largest absolute Gasteiger partial charge is 1.00 e. The molecule has 0 unspecified atom stereocenters. The van der Waals surface area contributed by atoms with Crippen LogP contribution in [0.5, 0.6) is 0 Å². The Hall–Kier alpha value is -2.51. The average molecular weight is 418 g/mol. The SMILES string of the molecule is C=CC[n+]1c(-c2ccccc2)csc1Nc1cccc([N+](=O)[O-])c1.[Br-]. The van der Waals surface area contributed by atoms with Crippen LogP contribution in [0.25, 0.3) is 11.3 Å². The minimum Gasteiger partial charge on any atom is -1.00 e. The number of rotatable bonds is 6. The van der Waals surface area contributed by atoms with Gasteiger partial charge in [-0.25, -0.2) is 9.88 Å². The van der Waals surface area contributed by atoms with Crippen molar-refractivity contribution in [3.63, 3.8) is 0 Å². The predicted octanol–water partition coefficient (Wildman–Crippen LogP) is 1.54. The molecule has 0 saturated carbocycles. The molecule has 0 saturated heterocycles. The lowest BCUT2D eigenvalue weighted by atomic mass is 10.2. The minimum absolute atomic E-state index is 0. The van der Waals surface area contributed by atoms with Crippen LogP contribution in [0, 0.1) is 10.1 Å². The van der Waals surface area contributed by atoms with Crippen LogP contribution in [-0.4, -0.2) is 4.92 Å². The first-order valence-corrected chi connectivity index (χ1v) is 8.26. The highest BCUT2D eigenvalue weighted by Crippen LogP contribution is 2.27. The molecule has 5 nitrogen and oxygen atoms in total. The lowest BCUT2D eigenvalue weighted by Gasteiger charge is -2.04. The zero-order valence-electron chi connectivity index (χ0n) is 13.3. The van der Waals surface area contributed by atoms with Gasteiger partial charge in [0, 0.05) is 17.0 Å². The topological polar surface area (TPSA) is 59.0 Å². The highest BCUT2D eigenvalue weighted by Gasteiger charge is 2.19. The number of thiazole rings is 1. The van der Waals surface area contributed by atoms with E-state index in [2.05, 4.69) is 34.0 Å². The van der Waals surface area contributed by atoms with Crippen molar-refractivity contribution in [3.05, 3.63) is 82.7 Å². The number of anilines is 2. The van der Waals surface area contributed by atoms with E-state index in [1.54, 1.807) is 17.4 Å². The lowest BCUT2D eigenvalue weighted by Crippen LogP contribution is -3.00. The van der Waals surface area contributed by atoms with E-state index in [9.17, 15) is 10.1 Å². The Morgan fingerprint density at radius 1 is 1.20 bits per heavy atom. The van der Waals surface area contributed by atoms with Crippen LogP contribution in [0.3, 0.4) is 0 Å². The molecule has 1 N–H and O–H groups in total. The molecule has 0 fully saturated rings. The number of hydrogen-bond donors (Lipinski definition) is 1. The number of nitro groups is 1. The maximum absolute atomic E-state index is 10.9. The van der Waals surface area contributed by atoms with Crippen LogP contribution >= 0.6 is 11.3 Å². The summed E-state index contributed by atoms with van der Waals surface area (Å²) in [5.74, 6) is 0. The molecule has 0 bridgehead atoms. The Morgan fingerprint density at radius 2 is 1.96 bits per heavy atom. The number of benzene rings is 2. The monoisotopic (exact) mass is 417 g/mol. The van der Waals surface area contributed by atoms with Gasteiger partial charge in [-0.05, 0) is 6.07 Å². The zero-order chi connectivity index (χ0) is 16.9. The summed E-state index contributed by atoms with van der Waals surface area (Å²) >= 11 is 1.55. The van der Waals surface area contributed by atoms with Crippen LogP contribution in [-0.2, 0) is 6.54 Å². The fourth-order valence-electron chi connectivity index (χ4n) is 2.41. The first-order chi connectivity index (χ1) is 11.7. The minimum atomic E-state index is -0.396. The smallest absolute Gasteiger partial charge is 0.339 e. The fraction of sp³-hybridized carbons (Fsp3) is 0.0556. The Labute approximate surface area is 160 Å². The summed E-state index contributed by atoms with van der Waals surface area (Å²) in [7, 11) is 0. The molecule has 0 aliphatic heterocycles. The summed E-state index contributed by atoms with van der Waals surface area (Å²) < 4.78 is 2.10. The third kappa shape index (κ3) is 4.32. The number of aromatic nitrogens is 1. The summed E-state index contributed by atoms with van der Waals surface area (Å²) in [5, 5.41) is 17.2. The van der Waals surface area contributed by atoms with Gasteiger partial charge in [0.2, 0.25) is 0 Å². The van der Waals surface area contributed by atoms with Crippen LogP contribution in [0.4, 0.5) is 16.5 Å². The van der Waals surface area contributed by atoms with Crippen LogP contribution < -0.4 is 26.9 Å². The van der Waals surface area contributed by atoms with Gasteiger partial charge in [-0.3, -0.25) is 10.1 Å². The molecular formula is C18H16BrN3O2S. The molecule has 0 aliphatic carbocycles. The van der Waals surface area contributed by atoms with Gasteiger partial charge in [0.05, 0.1) is 11.0 Å². The van der Waals surface area contributed by atoms with Crippen LogP contribution in [0.2, 0.25) is 0 Å². The summed E-state index contributed by atoms with van der Waals surface area (Å²) in [4.78, 5) is 10.5. The molecule has 1 aromatic heterocycles. The highest BCUT2D eigenvalue weighted by molar-refractivity contribution is 7.13. The highest BCUT2D eigenvalue weighted by atomic mass is 79.9. The first kappa shape index (κ1) is 18.8.